The van der Waals surface area contributed by atoms with E-state index in [0.717, 1.165) is 6.07 Å². The number of H-pyrrole nitrogens is 1. The summed E-state index contributed by atoms with van der Waals surface area (Å²) in [6.07, 6.45) is 0. The van der Waals surface area contributed by atoms with Gasteiger partial charge in [0, 0.05) is 5.39 Å². The van der Waals surface area contributed by atoms with Crippen LogP contribution in [0.15, 0.2) is 27.5 Å². The summed E-state index contributed by atoms with van der Waals surface area (Å²) in [6, 6.07) is 3.98. The molecule has 0 amide bonds. The Hall–Kier alpha value is -1.69. The summed E-state index contributed by atoms with van der Waals surface area (Å²) in [7, 11) is 1.21. The van der Waals surface area contributed by atoms with E-state index in [9.17, 15) is 14.0 Å². The third-order valence-corrected chi connectivity index (χ3v) is 2.90. The molecule has 0 saturated carbocycles. The van der Waals surface area contributed by atoms with Crippen LogP contribution in [0.2, 0.25) is 0 Å². The third kappa shape index (κ3) is 2.08. The summed E-state index contributed by atoms with van der Waals surface area (Å²) in [4.78, 5) is 25.3. The highest BCUT2D eigenvalue weighted by atomic mass is 79.9. The minimum atomic E-state index is -0.649. The number of aromatic amines is 1. The minimum absolute atomic E-state index is 0.0310. The Morgan fingerprint density at radius 3 is 2.76 bits per heavy atom. The first-order valence-electron chi connectivity index (χ1n) is 4.63. The van der Waals surface area contributed by atoms with Crippen LogP contribution in [0.5, 0.6) is 0 Å². The number of halogens is 2. The van der Waals surface area contributed by atoms with Gasteiger partial charge in [-0.2, -0.15) is 0 Å². The van der Waals surface area contributed by atoms with E-state index in [4.69, 9.17) is 0 Å². The molecule has 0 aliphatic rings. The predicted molar refractivity (Wildman–Crippen MR) is 63.6 cm³/mol. The zero-order chi connectivity index (χ0) is 12.6. The summed E-state index contributed by atoms with van der Waals surface area (Å²) in [5.41, 5.74) is -0.502. The van der Waals surface area contributed by atoms with Gasteiger partial charge in [0.2, 0.25) is 0 Å². The van der Waals surface area contributed by atoms with Crippen molar-refractivity contribution < 1.29 is 13.9 Å². The molecule has 88 valence electrons. The van der Waals surface area contributed by atoms with Crippen molar-refractivity contribution in [3.63, 3.8) is 0 Å². The molecule has 4 nitrogen and oxygen atoms in total. The first kappa shape index (κ1) is 11.8. The number of carbonyl (C=O) groups is 1. The number of carbonyl (C=O) groups excluding carboxylic acids is 1. The molecule has 0 atom stereocenters. The Kier molecular flexibility index (Phi) is 2.97. The van der Waals surface area contributed by atoms with E-state index in [-0.39, 0.29) is 15.6 Å². The maximum atomic E-state index is 13.3. The number of nitrogens with one attached hydrogen (secondary N) is 1. The summed E-state index contributed by atoms with van der Waals surface area (Å²) < 4.78 is 18.0. The van der Waals surface area contributed by atoms with E-state index in [1.165, 1.54) is 19.2 Å². The second kappa shape index (κ2) is 4.29. The molecule has 0 aliphatic heterocycles. The van der Waals surface area contributed by atoms with Gasteiger partial charge in [-0.05, 0) is 39.5 Å². The number of fused-ring (bicyclic) bond motifs is 1. The van der Waals surface area contributed by atoms with E-state index >= 15 is 0 Å². The lowest BCUT2D eigenvalue weighted by molar-refractivity contribution is 0.0594. The fourth-order valence-electron chi connectivity index (χ4n) is 1.48. The topological polar surface area (TPSA) is 59.2 Å². The molecule has 0 saturated heterocycles. The second-order valence-electron chi connectivity index (χ2n) is 3.36. The van der Waals surface area contributed by atoms with Crippen LogP contribution in [0.1, 0.15) is 10.5 Å². The monoisotopic (exact) mass is 299 g/mol. The lowest BCUT2D eigenvalue weighted by Gasteiger charge is -2.03. The van der Waals surface area contributed by atoms with Crippen molar-refractivity contribution in [1.82, 2.24) is 4.98 Å². The van der Waals surface area contributed by atoms with Gasteiger partial charge in [-0.1, -0.05) is 0 Å². The summed E-state index contributed by atoms with van der Waals surface area (Å²) in [5, 5.41) is 0.640. The average molecular weight is 300 g/mol. The number of pyridine rings is 1. The highest BCUT2D eigenvalue weighted by molar-refractivity contribution is 9.10. The molecule has 0 fully saturated rings. The summed E-state index contributed by atoms with van der Waals surface area (Å²) in [6.45, 7) is 0. The maximum Gasteiger partial charge on any atom is 0.354 e. The average Bonchev–Trinajstić information content (AvgIpc) is 2.30. The van der Waals surface area contributed by atoms with Crippen molar-refractivity contribution in [3.05, 3.63) is 44.5 Å². The van der Waals surface area contributed by atoms with Gasteiger partial charge in [-0.25, -0.2) is 9.18 Å². The molecule has 2 rings (SSSR count). The van der Waals surface area contributed by atoms with Crippen LogP contribution in [0.25, 0.3) is 10.8 Å². The van der Waals surface area contributed by atoms with Gasteiger partial charge >= 0.3 is 5.97 Å². The maximum absolute atomic E-state index is 13.3. The van der Waals surface area contributed by atoms with Gasteiger partial charge in [0.25, 0.3) is 5.56 Å². The SMILES string of the molecule is COC(=O)c1cc2cc(Br)c(F)cc2c(=O)[nH]1. The van der Waals surface area contributed by atoms with Gasteiger partial charge in [0.15, 0.2) is 0 Å². The van der Waals surface area contributed by atoms with Gasteiger partial charge < -0.3 is 9.72 Å². The number of aromatic nitrogens is 1. The van der Waals surface area contributed by atoms with Crippen LogP contribution in [-0.2, 0) is 4.74 Å². The van der Waals surface area contributed by atoms with E-state index < -0.39 is 17.3 Å². The first-order chi connectivity index (χ1) is 8.02. The summed E-state index contributed by atoms with van der Waals surface area (Å²) >= 11 is 3.02. The number of hydrogen-bond donors (Lipinski definition) is 1. The summed E-state index contributed by atoms with van der Waals surface area (Å²) in [5.74, 6) is -1.18. The lowest BCUT2D eigenvalue weighted by atomic mass is 10.1. The molecule has 0 spiro atoms. The van der Waals surface area contributed by atoms with Crippen LogP contribution in [0.3, 0.4) is 0 Å². The van der Waals surface area contributed by atoms with Crippen LogP contribution in [0, 0.1) is 5.82 Å². The van der Waals surface area contributed by atoms with Crippen LogP contribution in [-0.4, -0.2) is 18.1 Å². The molecule has 1 aromatic heterocycles. The molecule has 0 bridgehead atoms. The number of hydrogen-bond acceptors (Lipinski definition) is 3. The van der Waals surface area contributed by atoms with Gasteiger partial charge in [-0.3, -0.25) is 4.79 Å². The number of methoxy groups -OCH3 is 1. The molecule has 1 heterocycles. The van der Waals surface area contributed by atoms with E-state index in [1.807, 2.05) is 0 Å². The smallest absolute Gasteiger partial charge is 0.354 e. The Morgan fingerprint density at radius 1 is 1.41 bits per heavy atom. The largest absolute Gasteiger partial charge is 0.464 e. The molecule has 17 heavy (non-hydrogen) atoms. The molecule has 0 aliphatic carbocycles. The molecule has 1 N–H and O–H groups in total. The van der Waals surface area contributed by atoms with E-state index in [1.54, 1.807) is 0 Å². The fraction of sp³-hybridized carbons (Fsp3) is 0.0909. The number of benzene rings is 1. The molecule has 0 unspecified atom stereocenters. The normalized spacial score (nSPS) is 10.5. The van der Waals surface area contributed by atoms with Crippen molar-refractivity contribution in [1.29, 1.82) is 0 Å². The number of ether oxygens (including phenoxy) is 1. The van der Waals surface area contributed by atoms with Gasteiger partial charge in [0.05, 0.1) is 11.6 Å². The van der Waals surface area contributed by atoms with E-state index in [2.05, 4.69) is 25.7 Å². The van der Waals surface area contributed by atoms with Gasteiger partial charge in [-0.15, -0.1) is 0 Å². The van der Waals surface area contributed by atoms with Crippen LogP contribution in [0.4, 0.5) is 4.39 Å². The highest BCUT2D eigenvalue weighted by Crippen LogP contribution is 2.21. The first-order valence-corrected chi connectivity index (χ1v) is 5.42. The Labute approximate surface area is 104 Å². The second-order valence-corrected chi connectivity index (χ2v) is 4.21. The predicted octanol–water partition coefficient (Wildman–Crippen LogP) is 2.22. The molecule has 0 radical (unpaired) electrons. The van der Waals surface area contributed by atoms with Crippen molar-refractivity contribution in [2.45, 2.75) is 0 Å². The molecular weight excluding hydrogens is 293 g/mol. The highest BCUT2D eigenvalue weighted by Gasteiger charge is 2.11. The number of rotatable bonds is 1. The van der Waals surface area contributed by atoms with Crippen molar-refractivity contribution in [2.24, 2.45) is 0 Å². The molecule has 6 heteroatoms. The zero-order valence-electron chi connectivity index (χ0n) is 8.71. The molecule has 1 aromatic carbocycles. The zero-order valence-corrected chi connectivity index (χ0v) is 10.3. The number of esters is 1. The van der Waals surface area contributed by atoms with Gasteiger partial charge in [0.1, 0.15) is 11.5 Å². The minimum Gasteiger partial charge on any atom is -0.464 e. The van der Waals surface area contributed by atoms with Crippen molar-refractivity contribution in [2.75, 3.05) is 7.11 Å². The quantitative estimate of drug-likeness (QED) is 0.822. The Morgan fingerprint density at radius 2 is 2.12 bits per heavy atom. The Balaban J connectivity index is 2.78. The van der Waals surface area contributed by atoms with Crippen LogP contribution < -0.4 is 5.56 Å². The van der Waals surface area contributed by atoms with Crippen LogP contribution >= 0.6 is 15.9 Å². The van der Waals surface area contributed by atoms with Crippen molar-refractivity contribution in [3.8, 4) is 0 Å². The third-order valence-electron chi connectivity index (χ3n) is 2.29. The molecular formula is C11H7BrFNO3. The van der Waals surface area contributed by atoms with E-state index in [0.29, 0.717) is 5.39 Å². The van der Waals surface area contributed by atoms with Crippen molar-refractivity contribution >= 4 is 32.7 Å². The standard InChI is InChI=1S/C11H7BrFNO3/c1-17-11(16)9-3-5-2-7(12)8(13)4-6(5)10(15)14-9/h2-4H,1H3,(H,14,15). The Bertz CT molecular complexity index is 666. The molecule has 2 aromatic rings. The lowest BCUT2D eigenvalue weighted by Crippen LogP contribution is -2.14. The fourth-order valence-corrected chi connectivity index (χ4v) is 1.84.